The van der Waals surface area contributed by atoms with Crippen LogP contribution in [0.25, 0.3) is 0 Å². The van der Waals surface area contributed by atoms with Crippen molar-refractivity contribution in [3.8, 4) is 0 Å². The van der Waals surface area contributed by atoms with E-state index in [-0.39, 0.29) is 11.2 Å². The summed E-state index contributed by atoms with van der Waals surface area (Å²) in [6, 6.07) is 0. The predicted molar refractivity (Wildman–Crippen MR) is 50.9 cm³/mol. The summed E-state index contributed by atoms with van der Waals surface area (Å²) in [7, 11) is 0. The molecule has 0 atom stereocenters. The Morgan fingerprint density at radius 3 is 2.58 bits per heavy atom. The first-order chi connectivity index (χ1) is 5.47. The SMILES string of the molecule is CC(C)(C)CC1=CC=CC(=O)C1. The maximum absolute atomic E-state index is 11.0. The average Bonchev–Trinajstić information content (AvgIpc) is 1.82. The number of rotatable bonds is 1. The second-order valence-electron chi connectivity index (χ2n) is 4.56. The first kappa shape index (κ1) is 9.24. The zero-order valence-electron chi connectivity index (χ0n) is 8.05. The molecule has 0 unspecified atom stereocenters. The monoisotopic (exact) mass is 164 g/mol. The summed E-state index contributed by atoms with van der Waals surface area (Å²) in [4.78, 5) is 11.0. The molecule has 66 valence electrons. The molecular weight excluding hydrogens is 148 g/mol. The van der Waals surface area contributed by atoms with Crippen LogP contribution in [0.4, 0.5) is 0 Å². The van der Waals surface area contributed by atoms with Crippen molar-refractivity contribution in [1.82, 2.24) is 0 Å². The number of allylic oxidation sites excluding steroid dienone is 4. The Morgan fingerprint density at radius 1 is 1.42 bits per heavy atom. The third-order valence-electron chi connectivity index (χ3n) is 1.77. The Labute approximate surface area is 74.2 Å². The molecule has 0 aromatic carbocycles. The van der Waals surface area contributed by atoms with Crippen molar-refractivity contribution in [2.45, 2.75) is 33.6 Å². The molecular formula is C11H16O. The molecule has 12 heavy (non-hydrogen) atoms. The van der Waals surface area contributed by atoms with Crippen LogP contribution < -0.4 is 0 Å². The smallest absolute Gasteiger partial charge is 0.159 e. The fraction of sp³-hybridized carbons (Fsp3) is 0.545. The molecule has 0 saturated carbocycles. The zero-order valence-corrected chi connectivity index (χ0v) is 8.05. The summed E-state index contributed by atoms with van der Waals surface area (Å²) >= 11 is 0. The van der Waals surface area contributed by atoms with E-state index in [1.807, 2.05) is 6.08 Å². The molecule has 0 saturated heterocycles. The maximum Gasteiger partial charge on any atom is 0.159 e. The fourth-order valence-corrected chi connectivity index (χ4v) is 1.44. The van der Waals surface area contributed by atoms with E-state index in [2.05, 4.69) is 26.8 Å². The molecule has 1 aliphatic rings. The molecule has 0 aromatic heterocycles. The lowest BCUT2D eigenvalue weighted by molar-refractivity contribution is -0.114. The van der Waals surface area contributed by atoms with Crippen molar-refractivity contribution in [2.75, 3.05) is 0 Å². The highest BCUT2D eigenvalue weighted by Gasteiger charge is 2.15. The topological polar surface area (TPSA) is 17.1 Å². The Bertz CT molecular complexity index is 238. The van der Waals surface area contributed by atoms with Gasteiger partial charge in [-0.25, -0.2) is 0 Å². The zero-order chi connectivity index (χ0) is 9.19. The van der Waals surface area contributed by atoms with Crippen molar-refractivity contribution in [3.63, 3.8) is 0 Å². The van der Waals surface area contributed by atoms with Gasteiger partial charge in [-0.15, -0.1) is 0 Å². The van der Waals surface area contributed by atoms with Gasteiger partial charge in [-0.2, -0.15) is 0 Å². The second-order valence-corrected chi connectivity index (χ2v) is 4.56. The van der Waals surface area contributed by atoms with Crippen LogP contribution >= 0.6 is 0 Å². The van der Waals surface area contributed by atoms with E-state index in [4.69, 9.17) is 0 Å². The summed E-state index contributed by atoms with van der Waals surface area (Å²) in [5.41, 5.74) is 1.55. The number of hydrogen-bond acceptors (Lipinski definition) is 1. The summed E-state index contributed by atoms with van der Waals surface area (Å²) in [5, 5.41) is 0. The third-order valence-corrected chi connectivity index (χ3v) is 1.77. The molecule has 0 spiro atoms. The summed E-state index contributed by atoms with van der Waals surface area (Å²) in [6.07, 6.45) is 7.20. The van der Waals surface area contributed by atoms with Gasteiger partial charge in [0.25, 0.3) is 0 Å². The van der Waals surface area contributed by atoms with Gasteiger partial charge in [0, 0.05) is 6.42 Å². The summed E-state index contributed by atoms with van der Waals surface area (Å²) < 4.78 is 0. The molecule has 1 heteroatoms. The molecule has 1 nitrogen and oxygen atoms in total. The highest BCUT2D eigenvalue weighted by molar-refractivity contribution is 5.92. The molecule has 0 bridgehead atoms. The van der Waals surface area contributed by atoms with Gasteiger partial charge in [0.05, 0.1) is 0 Å². The highest BCUT2D eigenvalue weighted by atomic mass is 16.1. The van der Waals surface area contributed by atoms with Crippen molar-refractivity contribution >= 4 is 5.78 Å². The number of ketones is 1. The average molecular weight is 164 g/mol. The van der Waals surface area contributed by atoms with E-state index in [9.17, 15) is 4.79 Å². The van der Waals surface area contributed by atoms with Crippen LogP contribution in [0.2, 0.25) is 0 Å². The van der Waals surface area contributed by atoms with Crippen molar-refractivity contribution in [1.29, 1.82) is 0 Å². The minimum Gasteiger partial charge on any atom is -0.295 e. The number of hydrogen-bond donors (Lipinski definition) is 0. The standard InChI is InChI=1S/C11H16O/c1-11(2,3)8-9-5-4-6-10(12)7-9/h4-6H,7-8H2,1-3H3. The first-order valence-electron chi connectivity index (χ1n) is 4.36. The maximum atomic E-state index is 11.0. The molecule has 0 aliphatic heterocycles. The van der Waals surface area contributed by atoms with Gasteiger partial charge in [0.15, 0.2) is 5.78 Å². The van der Waals surface area contributed by atoms with Crippen LogP contribution in [0.3, 0.4) is 0 Å². The van der Waals surface area contributed by atoms with Crippen molar-refractivity contribution in [3.05, 3.63) is 23.8 Å². The van der Waals surface area contributed by atoms with E-state index >= 15 is 0 Å². The van der Waals surface area contributed by atoms with Gasteiger partial charge in [-0.3, -0.25) is 4.79 Å². The molecule has 0 amide bonds. The molecule has 0 fully saturated rings. The largest absolute Gasteiger partial charge is 0.295 e. The van der Waals surface area contributed by atoms with Gasteiger partial charge in [-0.1, -0.05) is 38.5 Å². The van der Waals surface area contributed by atoms with E-state index in [1.165, 1.54) is 5.57 Å². The van der Waals surface area contributed by atoms with Crippen LogP contribution in [-0.4, -0.2) is 5.78 Å². The summed E-state index contributed by atoms with van der Waals surface area (Å²) in [5.74, 6) is 0.233. The van der Waals surface area contributed by atoms with Crippen LogP contribution in [0.5, 0.6) is 0 Å². The molecule has 0 radical (unpaired) electrons. The molecule has 1 aliphatic carbocycles. The lowest BCUT2D eigenvalue weighted by Gasteiger charge is -2.20. The van der Waals surface area contributed by atoms with Gasteiger partial charge in [0.2, 0.25) is 0 Å². The minimum absolute atomic E-state index is 0.233. The molecule has 1 rings (SSSR count). The first-order valence-corrected chi connectivity index (χ1v) is 4.36. The fourth-order valence-electron chi connectivity index (χ4n) is 1.44. The highest BCUT2D eigenvalue weighted by Crippen LogP contribution is 2.27. The lowest BCUT2D eigenvalue weighted by Crippen LogP contribution is -2.09. The van der Waals surface area contributed by atoms with Crippen molar-refractivity contribution in [2.24, 2.45) is 5.41 Å². The van der Waals surface area contributed by atoms with E-state index in [0.29, 0.717) is 6.42 Å². The second kappa shape index (κ2) is 3.26. The van der Waals surface area contributed by atoms with Gasteiger partial charge in [-0.05, 0) is 17.9 Å². The normalized spacial score (nSPS) is 17.9. The van der Waals surface area contributed by atoms with Gasteiger partial charge < -0.3 is 0 Å². The van der Waals surface area contributed by atoms with Crippen LogP contribution in [0.1, 0.15) is 33.6 Å². The van der Waals surface area contributed by atoms with Crippen LogP contribution in [-0.2, 0) is 4.79 Å². The molecule has 0 aromatic rings. The number of carbonyl (C=O) groups is 1. The Balaban J connectivity index is 2.60. The predicted octanol–water partition coefficient (Wildman–Crippen LogP) is 2.88. The van der Waals surface area contributed by atoms with Gasteiger partial charge in [0.1, 0.15) is 0 Å². The quantitative estimate of drug-likeness (QED) is 0.582. The number of carbonyl (C=O) groups excluding carboxylic acids is 1. The van der Waals surface area contributed by atoms with E-state index < -0.39 is 0 Å². The Kier molecular flexibility index (Phi) is 2.51. The molecule has 0 heterocycles. The Morgan fingerprint density at radius 2 is 2.08 bits per heavy atom. The van der Waals surface area contributed by atoms with E-state index in [1.54, 1.807) is 6.08 Å². The molecule has 0 N–H and O–H groups in total. The van der Waals surface area contributed by atoms with Gasteiger partial charge >= 0.3 is 0 Å². The van der Waals surface area contributed by atoms with Crippen molar-refractivity contribution < 1.29 is 4.79 Å². The minimum atomic E-state index is 0.233. The Hall–Kier alpha value is -0.850. The van der Waals surface area contributed by atoms with Crippen LogP contribution in [0, 0.1) is 5.41 Å². The van der Waals surface area contributed by atoms with Crippen LogP contribution in [0.15, 0.2) is 23.8 Å². The third kappa shape index (κ3) is 3.04. The lowest BCUT2D eigenvalue weighted by atomic mass is 9.85. The van der Waals surface area contributed by atoms with E-state index in [0.717, 1.165) is 6.42 Å². The summed E-state index contributed by atoms with van der Waals surface area (Å²) in [6.45, 7) is 6.57.